The highest BCUT2D eigenvalue weighted by atomic mass is 31.2. The molecule has 0 aromatic heterocycles. The molecule has 0 heterocycles. The van der Waals surface area contributed by atoms with E-state index < -0.39 is 97.5 Å². The third kappa shape index (κ3) is 67.3. The van der Waals surface area contributed by atoms with Crippen molar-refractivity contribution in [2.45, 2.75) is 401 Å². The number of aliphatic hydroxyl groups excluding tert-OH is 1. The molecule has 0 amide bonds. The van der Waals surface area contributed by atoms with Crippen LogP contribution < -0.4 is 0 Å². The number of ether oxygens (including phenoxy) is 4. The van der Waals surface area contributed by atoms with Crippen molar-refractivity contribution in [1.29, 1.82) is 0 Å². The topological polar surface area (TPSA) is 237 Å². The van der Waals surface area contributed by atoms with Crippen LogP contribution in [-0.2, 0) is 65.4 Å². The van der Waals surface area contributed by atoms with Crippen molar-refractivity contribution in [2.75, 3.05) is 39.6 Å². The maximum Gasteiger partial charge on any atom is 0.472 e. The molecule has 0 saturated heterocycles. The molecular weight excluding hydrogens is 1230 g/mol. The lowest BCUT2D eigenvalue weighted by atomic mass is 10.00. The Kier molecular flexibility index (Phi) is 64.3. The van der Waals surface area contributed by atoms with Crippen LogP contribution in [0.3, 0.4) is 0 Å². The summed E-state index contributed by atoms with van der Waals surface area (Å²) >= 11 is 0. The van der Waals surface area contributed by atoms with Gasteiger partial charge in [-0.05, 0) is 43.4 Å². The monoisotopic (exact) mass is 1380 g/mol. The normalized spacial score (nSPS) is 14.4. The summed E-state index contributed by atoms with van der Waals surface area (Å²) in [5, 5.41) is 10.6. The number of esters is 4. The van der Waals surface area contributed by atoms with Crippen LogP contribution in [0.5, 0.6) is 0 Å². The van der Waals surface area contributed by atoms with Gasteiger partial charge in [0.2, 0.25) is 0 Å². The summed E-state index contributed by atoms with van der Waals surface area (Å²) in [5.74, 6) is 0.0443. The molecule has 0 saturated carbocycles. The third-order valence-electron chi connectivity index (χ3n) is 17.7. The number of unbranched alkanes of at least 4 members (excludes halogenated alkanes) is 40. The Bertz CT molecular complexity index is 1840. The Morgan fingerprint density at radius 3 is 0.809 bits per heavy atom. The molecule has 0 bridgehead atoms. The van der Waals surface area contributed by atoms with Crippen LogP contribution in [0, 0.1) is 17.8 Å². The molecule has 3 unspecified atom stereocenters. The van der Waals surface area contributed by atoms with E-state index in [9.17, 15) is 43.2 Å². The smallest absolute Gasteiger partial charge is 0.462 e. The van der Waals surface area contributed by atoms with Gasteiger partial charge in [0, 0.05) is 25.7 Å². The van der Waals surface area contributed by atoms with Gasteiger partial charge in [0.25, 0.3) is 0 Å². The molecular formula is C75H146O17P2. The number of phosphoric ester groups is 2. The fourth-order valence-corrected chi connectivity index (χ4v) is 13.0. The summed E-state index contributed by atoms with van der Waals surface area (Å²) in [6.07, 6.45) is 51.7. The number of carbonyl (C=O) groups excluding carboxylic acids is 4. The lowest BCUT2D eigenvalue weighted by Crippen LogP contribution is -2.30. The highest BCUT2D eigenvalue weighted by Crippen LogP contribution is 2.45. The van der Waals surface area contributed by atoms with Crippen LogP contribution in [0.4, 0.5) is 0 Å². The van der Waals surface area contributed by atoms with Gasteiger partial charge in [0.1, 0.15) is 19.3 Å². The minimum atomic E-state index is -4.96. The summed E-state index contributed by atoms with van der Waals surface area (Å²) in [6.45, 7) is 11.8. The highest BCUT2D eigenvalue weighted by Gasteiger charge is 2.30. The largest absolute Gasteiger partial charge is 0.472 e. The van der Waals surface area contributed by atoms with Gasteiger partial charge in [0.05, 0.1) is 26.4 Å². The molecule has 0 radical (unpaired) electrons. The number of phosphoric acid groups is 2. The molecule has 0 aliphatic heterocycles. The summed E-state index contributed by atoms with van der Waals surface area (Å²) < 4.78 is 68.4. The molecule has 94 heavy (non-hydrogen) atoms. The van der Waals surface area contributed by atoms with Crippen LogP contribution in [0.25, 0.3) is 0 Å². The maximum atomic E-state index is 13.1. The Morgan fingerprint density at radius 1 is 0.309 bits per heavy atom. The summed E-state index contributed by atoms with van der Waals surface area (Å²) in [4.78, 5) is 72.7. The second-order valence-electron chi connectivity index (χ2n) is 28.2. The second kappa shape index (κ2) is 65.7. The Morgan fingerprint density at radius 2 is 0.543 bits per heavy atom. The quantitative estimate of drug-likeness (QED) is 0.0222. The lowest BCUT2D eigenvalue weighted by Gasteiger charge is -2.21. The molecule has 0 aliphatic carbocycles. The van der Waals surface area contributed by atoms with E-state index in [-0.39, 0.29) is 25.7 Å². The van der Waals surface area contributed by atoms with Crippen molar-refractivity contribution in [2.24, 2.45) is 17.8 Å². The van der Waals surface area contributed by atoms with Crippen LogP contribution >= 0.6 is 15.6 Å². The van der Waals surface area contributed by atoms with E-state index in [1.165, 1.54) is 186 Å². The van der Waals surface area contributed by atoms with Crippen LogP contribution in [0.2, 0.25) is 0 Å². The van der Waals surface area contributed by atoms with E-state index in [1.54, 1.807) is 0 Å². The van der Waals surface area contributed by atoms with Crippen molar-refractivity contribution in [3.63, 3.8) is 0 Å². The summed E-state index contributed by atoms with van der Waals surface area (Å²) in [7, 11) is -9.91. The van der Waals surface area contributed by atoms with Crippen molar-refractivity contribution in [3.05, 3.63) is 0 Å². The van der Waals surface area contributed by atoms with E-state index in [0.29, 0.717) is 31.6 Å². The van der Waals surface area contributed by atoms with Crippen molar-refractivity contribution in [1.82, 2.24) is 0 Å². The Hall–Kier alpha value is -1.94. The number of carbonyl (C=O) groups is 4. The predicted octanol–water partition coefficient (Wildman–Crippen LogP) is 21.8. The van der Waals surface area contributed by atoms with Gasteiger partial charge in [-0.2, -0.15) is 0 Å². The number of aliphatic hydroxyl groups is 1. The van der Waals surface area contributed by atoms with E-state index in [4.69, 9.17) is 37.0 Å². The minimum absolute atomic E-state index is 0.102. The Balaban J connectivity index is 5.19. The zero-order chi connectivity index (χ0) is 69.4. The fraction of sp³-hybridized carbons (Fsp3) is 0.947. The van der Waals surface area contributed by atoms with Gasteiger partial charge in [-0.15, -0.1) is 0 Å². The first-order valence-electron chi connectivity index (χ1n) is 38.9. The molecule has 0 aliphatic rings. The van der Waals surface area contributed by atoms with E-state index in [2.05, 4.69) is 48.5 Å². The average Bonchev–Trinajstić information content (AvgIpc) is 1.36. The standard InChI is InChI=1S/C75H146O17P2/c1-8-10-11-12-13-14-15-16-17-18-19-20-21-22-23-24-27-31-34-44-51-58-74(79)91-70(62-85-72(77)56-49-42-33-30-28-25-26-29-32-39-46-53-66(3)4)64-89-93(81,82)87-60-69(76)61-88-94(83,84)90-65-71(63-86-73(78)57-50-43-37-35-40-47-54-67(5)6)92-75(80)59-52-45-38-36-41-48-55-68(7)9-2/h66-71,76H,8-65H2,1-7H3,(H,81,82)(H,83,84)/t68?,69-,70-,71-/m1/s1. The zero-order valence-electron chi connectivity index (χ0n) is 61.4. The first-order valence-corrected chi connectivity index (χ1v) is 41.9. The molecule has 6 atom stereocenters. The molecule has 0 spiro atoms. The van der Waals surface area contributed by atoms with Gasteiger partial charge in [-0.1, -0.05) is 331 Å². The van der Waals surface area contributed by atoms with E-state index in [1.807, 2.05) is 0 Å². The van der Waals surface area contributed by atoms with Crippen molar-refractivity contribution in [3.8, 4) is 0 Å². The lowest BCUT2D eigenvalue weighted by molar-refractivity contribution is -0.161. The molecule has 0 fully saturated rings. The summed E-state index contributed by atoms with van der Waals surface area (Å²) in [5.41, 5.74) is 0. The maximum absolute atomic E-state index is 13.1. The van der Waals surface area contributed by atoms with E-state index in [0.717, 1.165) is 108 Å². The SMILES string of the molecule is CCCCCCCCCCCCCCCCCCCCCCCC(=O)O[C@H](COC(=O)CCCCCCCCCCCCCC(C)C)COP(=O)(O)OC[C@@H](O)COP(=O)(O)OC[C@@H](COC(=O)CCCCCCCCC(C)C)OC(=O)CCCCCCCCC(C)CC. The molecule has 0 aromatic carbocycles. The number of hydrogen-bond acceptors (Lipinski definition) is 15. The molecule has 19 heteroatoms. The van der Waals surface area contributed by atoms with Crippen molar-refractivity contribution < 1.29 is 80.2 Å². The van der Waals surface area contributed by atoms with Gasteiger partial charge in [-0.3, -0.25) is 37.3 Å². The van der Waals surface area contributed by atoms with Gasteiger partial charge in [-0.25, -0.2) is 9.13 Å². The van der Waals surface area contributed by atoms with Gasteiger partial charge < -0.3 is 33.8 Å². The van der Waals surface area contributed by atoms with Crippen LogP contribution in [-0.4, -0.2) is 96.7 Å². The third-order valence-corrected chi connectivity index (χ3v) is 19.6. The molecule has 558 valence electrons. The van der Waals surface area contributed by atoms with Gasteiger partial charge in [0.15, 0.2) is 12.2 Å². The molecule has 0 rings (SSSR count). The predicted molar refractivity (Wildman–Crippen MR) is 381 cm³/mol. The molecule has 0 aromatic rings. The fourth-order valence-electron chi connectivity index (χ4n) is 11.4. The van der Waals surface area contributed by atoms with Crippen molar-refractivity contribution >= 4 is 39.5 Å². The number of hydrogen-bond donors (Lipinski definition) is 3. The minimum Gasteiger partial charge on any atom is -0.462 e. The van der Waals surface area contributed by atoms with Crippen LogP contribution in [0.15, 0.2) is 0 Å². The average molecular weight is 1380 g/mol. The van der Waals surface area contributed by atoms with Gasteiger partial charge >= 0.3 is 39.5 Å². The van der Waals surface area contributed by atoms with E-state index >= 15 is 0 Å². The highest BCUT2D eigenvalue weighted by molar-refractivity contribution is 7.47. The van der Waals surface area contributed by atoms with Crippen LogP contribution in [0.1, 0.15) is 382 Å². The first kappa shape index (κ1) is 92.1. The Labute approximate surface area is 575 Å². The number of rotatable bonds is 73. The first-order chi connectivity index (χ1) is 45.3. The summed E-state index contributed by atoms with van der Waals surface area (Å²) in [6, 6.07) is 0. The molecule has 17 nitrogen and oxygen atoms in total. The zero-order valence-corrected chi connectivity index (χ0v) is 63.2. The second-order valence-corrected chi connectivity index (χ2v) is 31.1. The molecule has 3 N–H and O–H groups in total.